The molecule has 0 aliphatic heterocycles. The number of esters is 3. The van der Waals surface area contributed by atoms with Crippen molar-refractivity contribution in [3.8, 4) is 0 Å². The second-order valence-electron chi connectivity index (χ2n) is 7.92. The number of benzene rings is 1. The molecule has 1 aromatic carbocycles. The second-order valence-corrected chi connectivity index (χ2v) is 9.83. The van der Waals surface area contributed by atoms with E-state index in [1.807, 2.05) is 0 Å². The first-order chi connectivity index (χ1) is 14.2. The topological polar surface area (TPSA) is 120 Å². The van der Waals surface area contributed by atoms with E-state index >= 15 is 0 Å². The maximum absolute atomic E-state index is 13.5. The Morgan fingerprint density at radius 3 is 2.03 bits per heavy atom. The van der Waals surface area contributed by atoms with Gasteiger partial charge in [-0.05, 0) is 53.1 Å². The van der Waals surface area contributed by atoms with Gasteiger partial charge in [0.15, 0.2) is 0 Å². The average Bonchev–Trinajstić information content (AvgIpc) is 2.67. The molecule has 0 radical (unpaired) electrons. The molecule has 1 aromatic rings. The summed E-state index contributed by atoms with van der Waals surface area (Å²) >= 11 is 0. The van der Waals surface area contributed by atoms with Gasteiger partial charge in [0.1, 0.15) is 12.1 Å². The lowest BCUT2D eigenvalue weighted by molar-refractivity contribution is -0.155. The Bertz CT molecular complexity index is 920. The van der Waals surface area contributed by atoms with Crippen LogP contribution in [-0.4, -0.2) is 89.1 Å². The Hall–Kier alpha value is -2.50. The van der Waals surface area contributed by atoms with Crippen LogP contribution in [0, 0.1) is 0 Å². The molecule has 0 unspecified atom stereocenters. The van der Waals surface area contributed by atoms with Gasteiger partial charge in [-0.15, -0.1) is 0 Å². The predicted molar refractivity (Wildman–Crippen MR) is 112 cm³/mol. The highest BCUT2D eigenvalue weighted by Crippen LogP contribution is 2.24. The van der Waals surface area contributed by atoms with Crippen LogP contribution >= 0.6 is 0 Å². The molecule has 0 atom stereocenters. The molecule has 31 heavy (non-hydrogen) atoms. The quantitative estimate of drug-likeness (QED) is 0.396. The Morgan fingerprint density at radius 1 is 0.968 bits per heavy atom. The first-order valence-corrected chi connectivity index (χ1v) is 10.8. The van der Waals surface area contributed by atoms with Gasteiger partial charge in [-0.1, -0.05) is 0 Å². The largest absolute Gasteiger partial charge is 0.465 e. The number of ether oxygens (including phenoxy) is 3. The monoisotopic (exact) mass is 458 g/mol. The minimum atomic E-state index is -4.40. The summed E-state index contributed by atoms with van der Waals surface area (Å²) < 4.78 is 42.5. The molecule has 0 bridgehead atoms. The minimum Gasteiger partial charge on any atom is -0.465 e. The van der Waals surface area contributed by atoms with E-state index in [1.165, 1.54) is 12.1 Å². The Morgan fingerprint density at radius 2 is 1.55 bits per heavy atom. The highest BCUT2D eigenvalue weighted by atomic mass is 32.2. The van der Waals surface area contributed by atoms with Gasteiger partial charge < -0.3 is 19.1 Å². The number of likely N-dealkylation sites (N-methyl/N-ethyl adjacent to an activating group) is 1. The smallest absolute Gasteiger partial charge is 0.339 e. The number of hydrogen-bond acceptors (Lipinski definition) is 9. The van der Waals surface area contributed by atoms with Gasteiger partial charge in [-0.3, -0.25) is 4.79 Å². The molecular weight excluding hydrogens is 428 g/mol. The molecule has 0 aliphatic carbocycles. The molecular formula is C20H30N2O8S. The van der Waals surface area contributed by atoms with E-state index in [1.54, 1.807) is 39.8 Å². The fraction of sp³-hybridized carbons (Fsp3) is 0.550. The zero-order valence-electron chi connectivity index (χ0n) is 18.9. The molecule has 0 saturated heterocycles. The number of carbonyl (C=O) groups is 3. The van der Waals surface area contributed by atoms with Crippen molar-refractivity contribution in [2.24, 2.45) is 0 Å². The van der Waals surface area contributed by atoms with Crippen LogP contribution in [0.25, 0.3) is 0 Å². The lowest BCUT2D eigenvalue weighted by atomic mass is 10.1. The Labute approximate surface area is 183 Å². The lowest BCUT2D eigenvalue weighted by Crippen LogP contribution is -2.42. The van der Waals surface area contributed by atoms with Crippen molar-refractivity contribution in [1.29, 1.82) is 0 Å². The van der Waals surface area contributed by atoms with Crippen LogP contribution in [0.3, 0.4) is 0 Å². The number of rotatable bonds is 9. The Kier molecular flexibility index (Phi) is 9.15. The van der Waals surface area contributed by atoms with Crippen molar-refractivity contribution in [3.05, 3.63) is 29.3 Å². The molecule has 0 N–H and O–H groups in total. The number of nitrogens with zero attached hydrogens (tertiary/aromatic N) is 2. The summed E-state index contributed by atoms with van der Waals surface area (Å²) in [6.45, 7) is 4.66. The third kappa shape index (κ3) is 7.60. The number of methoxy groups -OCH3 is 2. The zero-order valence-corrected chi connectivity index (χ0v) is 19.7. The Balaban J connectivity index is 3.53. The highest BCUT2D eigenvalue weighted by Gasteiger charge is 2.33. The van der Waals surface area contributed by atoms with Gasteiger partial charge in [0, 0.05) is 13.1 Å². The van der Waals surface area contributed by atoms with Crippen LogP contribution < -0.4 is 0 Å². The van der Waals surface area contributed by atoms with Crippen molar-refractivity contribution in [2.75, 3.05) is 47.9 Å². The minimum absolute atomic E-state index is 0.0579. The summed E-state index contributed by atoms with van der Waals surface area (Å²) in [7, 11) is 1.35. The van der Waals surface area contributed by atoms with Crippen molar-refractivity contribution in [2.45, 2.75) is 31.3 Å². The van der Waals surface area contributed by atoms with Gasteiger partial charge in [-0.2, -0.15) is 4.31 Å². The molecule has 0 saturated carbocycles. The van der Waals surface area contributed by atoms with E-state index in [0.29, 0.717) is 6.54 Å². The van der Waals surface area contributed by atoms with Crippen LogP contribution in [-0.2, 0) is 29.0 Å². The molecule has 11 heteroatoms. The van der Waals surface area contributed by atoms with Gasteiger partial charge in [0.25, 0.3) is 0 Å². The molecule has 174 valence electrons. The molecule has 0 fully saturated rings. The van der Waals surface area contributed by atoms with Crippen molar-refractivity contribution < 1.29 is 37.0 Å². The first-order valence-electron chi connectivity index (χ1n) is 9.40. The second kappa shape index (κ2) is 10.7. The number of sulfonamides is 1. The van der Waals surface area contributed by atoms with E-state index < -0.39 is 45.0 Å². The SMILES string of the molecule is COC(=O)c1ccc(C(=O)OC)c(S(=O)(=O)N(CCN(C)C)CC(=O)OC(C)(C)C)c1. The van der Waals surface area contributed by atoms with Gasteiger partial charge in [0.05, 0.1) is 30.2 Å². The van der Waals surface area contributed by atoms with Crippen molar-refractivity contribution >= 4 is 27.9 Å². The number of carbonyl (C=O) groups excluding carboxylic acids is 3. The van der Waals surface area contributed by atoms with Crippen molar-refractivity contribution in [1.82, 2.24) is 9.21 Å². The van der Waals surface area contributed by atoms with E-state index in [9.17, 15) is 22.8 Å². The van der Waals surface area contributed by atoms with Crippen LogP contribution in [0.15, 0.2) is 23.1 Å². The summed E-state index contributed by atoms with van der Waals surface area (Å²) in [5.41, 5.74) is -1.15. The van der Waals surface area contributed by atoms with Crippen LogP contribution in [0.4, 0.5) is 0 Å². The van der Waals surface area contributed by atoms with Crippen molar-refractivity contribution in [3.63, 3.8) is 0 Å². The zero-order chi connectivity index (χ0) is 24.0. The van der Waals surface area contributed by atoms with E-state index in [2.05, 4.69) is 9.47 Å². The fourth-order valence-corrected chi connectivity index (χ4v) is 4.09. The number of hydrogen-bond donors (Lipinski definition) is 0. The predicted octanol–water partition coefficient (Wildman–Crippen LogP) is 1.15. The van der Waals surface area contributed by atoms with Crippen LogP contribution in [0.5, 0.6) is 0 Å². The first kappa shape index (κ1) is 26.5. The molecule has 1 rings (SSSR count). The normalized spacial score (nSPS) is 12.0. The van der Waals surface area contributed by atoms with E-state index in [-0.39, 0.29) is 17.7 Å². The summed E-state index contributed by atoms with van der Waals surface area (Å²) in [5, 5.41) is 0. The molecule has 0 heterocycles. The summed E-state index contributed by atoms with van der Waals surface area (Å²) in [5.74, 6) is -2.43. The lowest BCUT2D eigenvalue weighted by Gasteiger charge is -2.26. The average molecular weight is 459 g/mol. The summed E-state index contributed by atoms with van der Waals surface area (Å²) in [6, 6.07) is 3.46. The highest BCUT2D eigenvalue weighted by molar-refractivity contribution is 7.89. The molecule has 0 aliphatic rings. The molecule has 10 nitrogen and oxygen atoms in total. The molecule has 0 aromatic heterocycles. The third-order valence-electron chi connectivity index (χ3n) is 3.95. The standard InChI is InChI=1S/C20H30N2O8S/c1-20(2,3)30-17(23)13-22(11-10-21(4)5)31(26,27)16-12-14(18(24)28-6)8-9-15(16)19(25)29-7/h8-9,12H,10-11,13H2,1-7H3. The maximum atomic E-state index is 13.5. The van der Waals surface area contributed by atoms with Gasteiger partial charge in [-0.25, -0.2) is 18.0 Å². The van der Waals surface area contributed by atoms with Gasteiger partial charge in [0.2, 0.25) is 10.0 Å². The fourth-order valence-electron chi connectivity index (χ4n) is 2.51. The van der Waals surface area contributed by atoms with E-state index in [4.69, 9.17) is 4.74 Å². The maximum Gasteiger partial charge on any atom is 0.339 e. The third-order valence-corrected chi connectivity index (χ3v) is 5.83. The van der Waals surface area contributed by atoms with Crippen LogP contribution in [0.2, 0.25) is 0 Å². The summed E-state index contributed by atoms with van der Waals surface area (Å²) in [4.78, 5) is 37.8. The van der Waals surface area contributed by atoms with Crippen LogP contribution in [0.1, 0.15) is 41.5 Å². The van der Waals surface area contributed by atoms with E-state index in [0.717, 1.165) is 24.6 Å². The summed E-state index contributed by atoms with van der Waals surface area (Å²) in [6.07, 6.45) is 0. The van der Waals surface area contributed by atoms with Gasteiger partial charge >= 0.3 is 17.9 Å². The molecule has 0 spiro atoms. The molecule has 0 amide bonds.